The van der Waals surface area contributed by atoms with Gasteiger partial charge in [0.05, 0.1) is 24.7 Å². The third kappa shape index (κ3) is 2.07. The number of alkyl halides is 3. The Bertz CT molecular complexity index is 398. The Hall–Kier alpha value is -1.79. The summed E-state index contributed by atoms with van der Waals surface area (Å²) in [6, 6.07) is 0. The number of hydrogen-bond acceptors (Lipinski definition) is 4. The van der Waals surface area contributed by atoms with Gasteiger partial charge in [-0.1, -0.05) is 0 Å². The van der Waals surface area contributed by atoms with Crippen LogP contribution in [0.15, 0.2) is 24.8 Å². The van der Waals surface area contributed by atoms with Crippen LogP contribution in [0.1, 0.15) is 5.82 Å². The molecule has 0 aliphatic carbocycles. The molecule has 4 nitrogen and oxygen atoms in total. The summed E-state index contributed by atoms with van der Waals surface area (Å²) < 4.78 is 36.6. The van der Waals surface area contributed by atoms with E-state index in [-0.39, 0.29) is 0 Å². The lowest BCUT2D eigenvalue weighted by Crippen LogP contribution is -2.22. The summed E-state index contributed by atoms with van der Waals surface area (Å²) in [4.78, 5) is 10.2. The maximum absolute atomic E-state index is 12.2. The Morgan fingerprint density at radius 2 is 1.81 bits per heavy atom. The van der Waals surface area contributed by atoms with Crippen molar-refractivity contribution in [2.45, 2.75) is 6.18 Å². The van der Waals surface area contributed by atoms with Gasteiger partial charge >= 0.3 is 6.18 Å². The number of rotatable bonds is 1. The summed E-state index contributed by atoms with van der Waals surface area (Å²) in [5.74, 6) is -1.12. The molecule has 0 radical (unpaired) electrons. The summed E-state index contributed by atoms with van der Waals surface area (Å²) in [5.41, 5.74) is 0.536. The van der Waals surface area contributed by atoms with Gasteiger partial charge in [-0.15, -0.1) is 0 Å². The Morgan fingerprint density at radius 1 is 1.19 bits per heavy atom. The number of halogens is 3. The second kappa shape index (κ2) is 3.66. The lowest BCUT2D eigenvalue weighted by atomic mass is 10.4. The van der Waals surface area contributed by atoms with Crippen molar-refractivity contribution in [3.05, 3.63) is 30.6 Å². The summed E-state index contributed by atoms with van der Waals surface area (Å²) in [5, 5.41) is 0. The summed E-state index contributed by atoms with van der Waals surface area (Å²) in [6.45, 7) is 0.578. The molecule has 86 valence electrons. The first-order valence-corrected chi connectivity index (χ1v) is 4.51. The molecule has 1 aliphatic rings. The van der Waals surface area contributed by atoms with Gasteiger partial charge in [0.25, 0.3) is 0 Å². The van der Waals surface area contributed by atoms with Crippen LogP contribution in [0.3, 0.4) is 0 Å². The van der Waals surface area contributed by atoms with Crippen molar-refractivity contribution < 1.29 is 13.2 Å². The molecule has 0 fully saturated rings. The predicted molar refractivity (Wildman–Crippen MR) is 51.3 cm³/mol. The van der Waals surface area contributed by atoms with Gasteiger partial charge in [0.2, 0.25) is 5.82 Å². The molecule has 0 unspecified atom stereocenters. The average Bonchev–Trinajstić information content (AvgIpc) is 2.64. The second-order valence-electron chi connectivity index (χ2n) is 3.43. The monoisotopic (exact) mass is 230 g/mol. The zero-order valence-corrected chi connectivity index (χ0v) is 8.44. The first kappa shape index (κ1) is 10.7. The Balaban J connectivity index is 2.17. The van der Waals surface area contributed by atoms with Crippen LogP contribution in [0.25, 0.3) is 0 Å². The quantitative estimate of drug-likeness (QED) is 0.734. The minimum atomic E-state index is -4.49. The molecule has 0 spiro atoms. The van der Waals surface area contributed by atoms with Crippen LogP contribution in [0.4, 0.5) is 18.9 Å². The van der Waals surface area contributed by atoms with Gasteiger partial charge in [0, 0.05) is 19.4 Å². The molecule has 1 aliphatic heterocycles. The van der Waals surface area contributed by atoms with E-state index in [1.165, 1.54) is 12.4 Å². The zero-order chi connectivity index (χ0) is 11.8. The van der Waals surface area contributed by atoms with E-state index in [0.717, 1.165) is 0 Å². The molecule has 0 bridgehead atoms. The number of hydrogen-bond donors (Lipinski definition) is 0. The van der Waals surface area contributed by atoms with Crippen molar-refractivity contribution in [2.24, 2.45) is 0 Å². The lowest BCUT2D eigenvalue weighted by molar-refractivity contribution is -0.144. The third-order valence-electron chi connectivity index (χ3n) is 2.10. The van der Waals surface area contributed by atoms with Gasteiger partial charge in [-0.05, 0) is 0 Å². The minimum Gasteiger partial charge on any atom is -0.361 e. The van der Waals surface area contributed by atoms with Gasteiger partial charge in [0.1, 0.15) is 0 Å². The highest BCUT2D eigenvalue weighted by Gasteiger charge is 2.34. The van der Waals surface area contributed by atoms with E-state index in [2.05, 4.69) is 9.97 Å². The molecular formula is C9H9F3N4. The molecular weight excluding hydrogens is 221 g/mol. The molecule has 0 aromatic carbocycles. The molecule has 16 heavy (non-hydrogen) atoms. The lowest BCUT2D eigenvalue weighted by Gasteiger charge is -2.17. The van der Waals surface area contributed by atoms with E-state index in [1.807, 2.05) is 18.1 Å². The van der Waals surface area contributed by atoms with Crippen molar-refractivity contribution in [2.75, 3.05) is 18.6 Å². The van der Waals surface area contributed by atoms with Crippen LogP contribution in [0.2, 0.25) is 0 Å². The Kier molecular flexibility index (Phi) is 2.45. The van der Waals surface area contributed by atoms with Crippen molar-refractivity contribution in [3.8, 4) is 0 Å². The molecule has 1 aromatic rings. The first-order valence-electron chi connectivity index (χ1n) is 4.51. The van der Waals surface area contributed by atoms with Gasteiger partial charge in [-0.25, -0.2) is 9.97 Å². The highest BCUT2D eigenvalue weighted by Crippen LogP contribution is 2.26. The Morgan fingerprint density at radius 3 is 2.25 bits per heavy atom. The van der Waals surface area contributed by atoms with E-state index in [0.29, 0.717) is 12.4 Å². The van der Waals surface area contributed by atoms with Crippen molar-refractivity contribution >= 4 is 5.69 Å². The van der Waals surface area contributed by atoms with Gasteiger partial charge in [-0.3, -0.25) is 0 Å². The number of aromatic nitrogens is 2. The van der Waals surface area contributed by atoms with Crippen LogP contribution < -0.4 is 4.90 Å². The molecule has 0 amide bonds. The molecule has 1 aromatic heterocycles. The highest BCUT2D eigenvalue weighted by atomic mass is 19.4. The van der Waals surface area contributed by atoms with Crippen molar-refractivity contribution in [1.29, 1.82) is 0 Å². The second-order valence-corrected chi connectivity index (χ2v) is 3.43. The van der Waals surface area contributed by atoms with Crippen molar-refractivity contribution in [3.63, 3.8) is 0 Å². The SMILES string of the molecule is CN1C=CN(c2cnc(C(F)(F)F)nc2)C1. The molecule has 2 heterocycles. The highest BCUT2D eigenvalue weighted by molar-refractivity contribution is 5.46. The maximum Gasteiger partial charge on any atom is 0.451 e. The number of anilines is 1. The Labute approximate surface area is 90.0 Å². The number of nitrogens with zero attached hydrogens (tertiary/aromatic N) is 4. The fraction of sp³-hybridized carbons (Fsp3) is 0.333. The minimum absolute atomic E-state index is 0.536. The van der Waals surface area contributed by atoms with E-state index in [1.54, 1.807) is 11.1 Å². The van der Waals surface area contributed by atoms with Crippen LogP contribution >= 0.6 is 0 Å². The third-order valence-corrected chi connectivity index (χ3v) is 2.10. The zero-order valence-electron chi connectivity index (χ0n) is 8.44. The average molecular weight is 230 g/mol. The summed E-state index contributed by atoms with van der Waals surface area (Å²) >= 11 is 0. The summed E-state index contributed by atoms with van der Waals surface area (Å²) in [6.07, 6.45) is 1.42. The molecule has 0 N–H and O–H groups in total. The van der Waals surface area contributed by atoms with Gasteiger partial charge < -0.3 is 9.80 Å². The molecule has 7 heteroatoms. The van der Waals surface area contributed by atoms with Gasteiger partial charge in [-0.2, -0.15) is 13.2 Å². The smallest absolute Gasteiger partial charge is 0.361 e. The molecule has 0 atom stereocenters. The van der Waals surface area contributed by atoms with Crippen LogP contribution in [-0.2, 0) is 6.18 Å². The molecule has 0 saturated heterocycles. The van der Waals surface area contributed by atoms with Crippen LogP contribution in [0, 0.1) is 0 Å². The fourth-order valence-electron chi connectivity index (χ4n) is 1.31. The van der Waals surface area contributed by atoms with E-state index in [9.17, 15) is 13.2 Å². The van der Waals surface area contributed by atoms with E-state index < -0.39 is 12.0 Å². The van der Waals surface area contributed by atoms with Gasteiger partial charge in [0.15, 0.2) is 0 Å². The first-order chi connectivity index (χ1) is 7.47. The van der Waals surface area contributed by atoms with Crippen molar-refractivity contribution in [1.82, 2.24) is 14.9 Å². The van der Waals surface area contributed by atoms with E-state index in [4.69, 9.17) is 0 Å². The van der Waals surface area contributed by atoms with Crippen LogP contribution in [-0.4, -0.2) is 28.6 Å². The fourth-order valence-corrected chi connectivity index (χ4v) is 1.31. The standard InChI is InChI=1S/C9H9F3N4/c1-15-2-3-16(6-15)7-4-13-8(14-5-7)9(10,11)12/h2-5H,6H2,1H3. The van der Waals surface area contributed by atoms with E-state index >= 15 is 0 Å². The normalized spacial score (nSPS) is 16.0. The van der Waals surface area contributed by atoms with Crippen LogP contribution in [0.5, 0.6) is 0 Å². The predicted octanol–water partition coefficient (Wildman–Crippen LogP) is 1.68. The largest absolute Gasteiger partial charge is 0.451 e. The summed E-state index contributed by atoms with van der Waals surface area (Å²) in [7, 11) is 1.86. The molecule has 0 saturated carbocycles. The molecule has 2 rings (SSSR count). The maximum atomic E-state index is 12.2. The topological polar surface area (TPSA) is 32.3 Å².